The third-order valence-corrected chi connectivity index (χ3v) is 1.61. The fourth-order valence-electron chi connectivity index (χ4n) is 1.06. The molecule has 0 aromatic rings. The summed E-state index contributed by atoms with van der Waals surface area (Å²) >= 11 is 0. The number of carbonyl (C=O) groups is 3. The van der Waals surface area contributed by atoms with E-state index in [0.717, 1.165) is 0 Å². The maximum Gasteiger partial charge on any atom is 0.328 e. The fraction of sp³-hybridized carbons (Fsp3) is 0.571. The van der Waals surface area contributed by atoms with Crippen molar-refractivity contribution in [2.24, 2.45) is 0 Å². The van der Waals surface area contributed by atoms with Crippen LogP contribution in [0.5, 0.6) is 0 Å². The second-order valence-corrected chi connectivity index (χ2v) is 2.56. The zero-order valence-electron chi connectivity index (χ0n) is 6.62. The molecule has 0 aromatic heterocycles. The number of hydrogen-bond donors (Lipinski definition) is 1. The van der Waals surface area contributed by atoms with Crippen molar-refractivity contribution in [2.45, 2.75) is 18.9 Å². The number of rotatable bonds is 1. The van der Waals surface area contributed by atoms with E-state index in [-0.39, 0.29) is 18.6 Å². The summed E-state index contributed by atoms with van der Waals surface area (Å²) in [7, 11) is 1.22. The molecule has 0 spiro atoms. The third-order valence-electron chi connectivity index (χ3n) is 1.61. The van der Waals surface area contributed by atoms with Crippen LogP contribution in [0.15, 0.2) is 0 Å². The Morgan fingerprint density at radius 2 is 2.25 bits per heavy atom. The zero-order valence-corrected chi connectivity index (χ0v) is 6.62. The average Bonchev–Trinajstić information content (AvgIpc) is 2.01. The van der Waals surface area contributed by atoms with E-state index in [1.807, 2.05) is 0 Å². The lowest BCUT2D eigenvalue weighted by Gasteiger charge is -2.19. The van der Waals surface area contributed by atoms with Crippen LogP contribution in [-0.2, 0) is 19.1 Å². The highest BCUT2D eigenvalue weighted by atomic mass is 16.5. The minimum Gasteiger partial charge on any atom is -0.467 e. The fourth-order valence-corrected chi connectivity index (χ4v) is 1.06. The van der Waals surface area contributed by atoms with E-state index < -0.39 is 17.9 Å². The number of piperidine rings is 1. The van der Waals surface area contributed by atoms with E-state index in [1.165, 1.54) is 7.11 Å². The van der Waals surface area contributed by atoms with Gasteiger partial charge in [-0.25, -0.2) is 4.79 Å². The highest BCUT2D eigenvalue weighted by Gasteiger charge is 2.29. The molecule has 1 heterocycles. The van der Waals surface area contributed by atoms with Crippen LogP contribution in [-0.4, -0.2) is 30.8 Å². The molecule has 12 heavy (non-hydrogen) atoms. The van der Waals surface area contributed by atoms with Crippen molar-refractivity contribution in [3.63, 3.8) is 0 Å². The Hall–Kier alpha value is -1.39. The van der Waals surface area contributed by atoms with Gasteiger partial charge in [0.2, 0.25) is 5.91 Å². The maximum absolute atomic E-state index is 10.9. The lowest BCUT2D eigenvalue weighted by atomic mass is 10.0. The first-order valence-corrected chi connectivity index (χ1v) is 3.52. The van der Waals surface area contributed by atoms with Gasteiger partial charge in [0, 0.05) is 6.42 Å². The molecule has 1 unspecified atom stereocenters. The Morgan fingerprint density at radius 1 is 1.58 bits per heavy atom. The number of Topliss-reactive ketones (excluding diaryl/α,β-unsaturated/α-hetero) is 1. The summed E-state index contributed by atoms with van der Waals surface area (Å²) in [6.45, 7) is 0. The molecular weight excluding hydrogens is 162 g/mol. The summed E-state index contributed by atoms with van der Waals surface area (Å²) in [6, 6.07) is -0.788. The lowest BCUT2D eigenvalue weighted by Crippen LogP contribution is -2.47. The molecular formula is C7H9NO4. The molecule has 1 N–H and O–H groups in total. The number of ether oxygens (including phenoxy) is 1. The Kier molecular flexibility index (Phi) is 2.42. The lowest BCUT2D eigenvalue weighted by molar-refractivity contribution is -0.148. The van der Waals surface area contributed by atoms with Gasteiger partial charge in [0.25, 0.3) is 0 Å². The van der Waals surface area contributed by atoms with Gasteiger partial charge in [0.05, 0.1) is 13.5 Å². The number of methoxy groups -OCH3 is 1. The van der Waals surface area contributed by atoms with Crippen LogP contribution in [0.1, 0.15) is 12.8 Å². The Morgan fingerprint density at radius 3 is 2.75 bits per heavy atom. The molecule has 5 nitrogen and oxygen atoms in total. The number of carbonyl (C=O) groups excluding carboxylic acids is 3. The summed E-state index contributed by atoms with van der Waals surface area (Å²) in [5.41, 5.74) is 0. The minimum atomic E-state index is -0.788. The van der Waals surface area contributed by atoms with E-state index >= 15 is 0 Å². The van der Waals surface area contributed by atoms with Crippen LogP contribution in [0, 0.1) is 0 Å². The van der Waals surface area contributed by atoms with Crippen molar-refractivity contribution in [3.05, 3.63) is 0 Å². The van der Waals surface area contributed by atoms with Crippen LogP contribution in [0.2, 0.25) is 0 Å². The molecule has 1 rings (SSSR count). The molecule has 0 saturated carbocycles. The van der Waals surface area contributed by atoms with E-state index in [0.29, 0.717) is 0 Å². The molecule has 1 atom stereocenters. The van der Waals surface area contributed by atoms with Gasteiger partial charge in [-0.05, 0) is 0 Å². The second kappa shape index (κ2) is 3.34. The molecule has 0 bridgehead atoms. The standard InChI is InChI=1S/C7H9NO4/c1-12-7(11)5-2-4(9)3-6(10)8-5/h5H,2-3H2,1H3,(H,8,10). The average molecular weight is 171 g/mol. The summed E-state index contributed by atoms with van der Waals surface area (Å²) in [5.74, 6) is -1.22. The Balaban J connectivity index is 2.61. The van der Waals surface area contributed by atoms with Gasteiger partial charge in [-0.2, -0.15) is 0 Å². The van der Waals surface area contributed by atoms with Crippen molar-refractivity contribution < 1.29 is 19.1 Å². The molecule has 1 amide bonds. The molecule has 1 aliphatic rings. The maximum atomic E-state index is 10.9. The first-order valence-electron chi connectivity index (χ1n) is 3.52. The first-order chi connectivity index (χ1) is 5.63. The van der Waals surface area contributed by atoms with Crippen LogP contribution in [0.4, 0.5) is 0 Å². The third kappa shape index (κ3) is 1.81. The SMILES string of the molecule is COC(=O)C1CC(=O)CC(=O)N1. The molecule has 66 valence electrons. The summed E-state index contributed by atoms with van der Waals surface area (Å²) in [5, 5.41) is 2.36. The highest BCUT2D eigenvalue weighted by Crippen LogP contribution is 2.05. The predicted octanol–water partition coefficient (Wildman–Crippen LogP) is -0.993. The largest absolute Gasteiger partial charge is 0.467 e. The molecule has 1 aliphatic heterocycles. The van der Waals surface area contributed by atoms with Crippen molar-refractivity contribution in [1.29, 1.82) is 0 Å². The molecule has 0 aliphatic carbocycles. The second-order valence-electron chi connectivity index (χ2n) is 2.56. The molecule has 0 aromatic carbocycles. The number of hydrogen-bond acceptors (Lipinski definition) is 4. The van der Waals surface area contributed by atoms with Crippen molar-refractivity contribution in [2.75, 3.05) is 7.11 Å². The number of esters is 1. The quantitative estimate of drug-likeness (QED) is 0.406. The van der Waals surface area contributed by atoms with Crippen molar-refractivity contribution in [3.8, 4) is 0 Å². The van der Waals surface area contributed by atoms with Gasteiger partial charge in [-0.15, -0.1) is 0 Å². The first kappa shape index (κ1) is 8.70. The highest BCUT2D eigenvalue weighted by molar-refractivity contribution is 6.04. The van der Waals surface area contributed by atoms with Gasteiger partial charge in [0.1, 0.15) is 11.8 Å². The summed E-state index contributed by atoms with van der Waals surface area (Å²) in [4.78, 5) is 32.5. The zero-order chi connectivity index (χ0) is 9.14. The van der Waals surface area contributed by atoms with Gasteiger partial charge in [0.15, 0.2) is 0 Å². The summed E-state index contributed by atoms with van der Waals surface area (Å²) in [6.07, 6.45) is -0.0914. The molecule has 0 radical (unpaired) electrons. The normalized spacial score (nSPS) is 23.2. The molecule has 5 heteroatoms. The number of amides is 1. The number of nitrogens with one attached hydrogen (secondary N) is 1. The van der Waals surface area contributed by atoms with E-state index in [2.05, 4.69) is 10.1 Å². The van der Waals surface area contributed by atoms with E-state index in [1.54, 1.807) is 0 Å². The van der Waals surface area contributed by atoms with Gasteiger partial charge >= 0.3 is 5.97 Å². The molecule has 1 saturated heterocycles. The Bertz CT molecular complexity index is 220. The van der Waals surface area contributed by atoms with E-state index in [4.69, 9.17) is 0 Å². The van der Waals surface area contributed by atoms with Gasteiger partial charge in [-0.3, -0.25) is 9.59 Å². The Labute approximate surface area is 69.1 Å². The smallest absolute Gasteiger partial charge is 0.328 e. The van der Waals surface area contributed by atoms with Crippen LogP contribution in [0.3, 0.4) is 0 Å². The van der Waals surface area contributed by atoms with Crippen molar-refractivity contribution in [1.82, 2.24) is 5.32 Å². The summed E-state index contributed by atoms with van der Waals surface area (Å²) < 4.78 is 4.38. The van der Waals surface area contributed by atoms with Crippen LogP contribution in [0.25, 0.3) is 0 Å². The van der Waals surface area contributed by atoms with Crippen molar-refractivity contribution >= 4 is 17.7 Å². The van der Waals surface area contributed by atoms with E-state index in [9.17, 15) is 14.4 Å². The molecule has 1 fully saturated rings. The van der Waals surface area contributed by atoms with Crippen LogP contribution >= 0.6 is 0 Å². The van der Waals surface area contributed by atoms with Gasteiger partial charge in [-0.1, -0.05) is 0 Å². The predicted molar refractivity (Wildman–Crippen MR) is 38.2 cm³/mol. The van der Waals surface area contributed by atoms with Gasteiger partial charge < -0.3 is 10.1 Å². The number of ketones is 1. The monoisotopic (exact) mass is 171 g/mol. The van der Waals surface area contributed by atoms with Crippen LogP contribution < -0.4 is 5.32 Å². The minimum absolute atomic E-state index is 0.0401. The topological polar surface area (TPSA) is 72.5 Å².